The van der Waals surface area contributed by atoms with Crippen molar-refractivity contribution in [1.82, 2.24) is 10.6 Å². The van der Waals surface area contributed by atoms with Crippen molar-refractivity contribution in [3.63, 3.8) is 0 Å². The number of rotatable bonds is 2. The quantitative estimate of drug-likeness (QED) is 0.540. The summed E-state index contributed by atoms with van der Waals surface area (Å²) in [4.78, 5) is 10.1. The van der Waals surface area contributed by atoms with Crippen LogP contribution in [0, 0.1) is 5.92 Å². The molecule has 4 nitrogen and oxygen atoms in total. The van der Waals surface area contributed by atoms with Crippen molar-refractivity contribution in [1.29, 1.82) is 0 Å². The van der Waals surface area contributed by atoms with Crippen LogP contribution in [-0.4, -0.2) is 30.3 Å². The molecule has 4 heteroatoms. The van der Waals surface area contributed by atoms with Gasteiger partial charge in [-0.15, -0.1) is 0 Å². The van der Waals surface area contributed by atoms with Gasteiger partial charge in [-0.05, 0) is 25.8 Å². The number of hydrogen-bond donors (Lipinski definition) is 3. The number of amides is 1. The van der Waals surface area contributed by atoms with Gasteiger partial charge >= 0.3 is 6.09 Å². The van der Waals surface area contributed by atoms with Crippen molar-refractivity contribution in [2.45, 2.75) is 19.4 Å². The van der Waals surface area contributed by atoms with E-state index in [1.807, 2.05) is 0 Å². The lowest BCUT2D eigenvalue weighted by atomic mass is 10.1. The lowest BCUT2D eigenvalue weighted by molar-refractivity contribution is 0.192. The highest BCUT2D eigenvalue weighted by atomic mass is 16.4. The van der Waals surface area contributed by atoms with E-state index < -0.39 is 6.09 Å². The van der Waals surface area contributed by atoms with E-state index in [0.717, 1.165) is 13.0 Å². The first-order chi connectivity index (χ1) is 5.18. The highest BCUT2D eigenvalue weighted by Gasteiger charge is 2.20. The Hall–Kier alpha value is -0.770. The van der Waals surface area contributed by atoms with Gasteiger partial charge in [0.15, 0.2) is 0 Å². The lowest BCUT2D eigenvalue weighted by Crippen LogP contribution is -2.28. The second-order valence-corrected chi connectivity index (χ2v) is 3.10. The molecule has 0 radical (unpaired) electrons. The Bertz CT molecular complexity index is 149. The fourth-order valence-corrected chi connectivity index (χ4v) is 1.42. The minimum atomic E-state index is -0.926. The van der Waals surface area contributed by atoms with E-state index in [4.69, 9.17) is 5.11 Å². The zero-order valence-electron chi connectivity index (χ0n) is 6.63. The van der Waals surface area contributed by atoms with E-state index >= 15 is 0 Å². The van der Waals surface area contributed by atoms with Crippen LogP contribution in [0.2, 0.25) is 0 Å². The largest absolute Gasteiger partial charge is 0.465 e. The third kappa shape index (κ3) is 2.76. The molecule has 0 spiro atoms. The molecule has 0 aliphatic carbocycles. The fraction of sp³-hybridized carbons (Fsp3) is 0.857. The van der Waals surface area contributed by atoms with E-state index in [0.29, 0.717) is 18.5 Å². The standard InChI is InChI=1S/C7H14N2O2/c1-5-2-6(3-8-5)4-9-7(10)11/h5-6,8-9H,2-4H2,1H3,(H,10,11)/t5-,6?/m0/s1. The molecule has 64 valence electrons. The van der Waals surface area contributed by atoms with Gasteiger partial charge in [-0.2, -0.15) is 0 Å². The highest BCUT2D eigenvalue weighted by molar-refractivity contribution is 5.64. The van der Waals surface area contributed by atoms with Gasteiger partial charge in [0, 0.05) is 12.6 Å². The molecule has 2 atom stereocenters. The molecule has 0 saturated carbocycles. The van der Waals surface area contributed by atoms with E-state index in [1.165, 1.54) is 0 Å². The van der Waals surface area contributed by atoms with Crippen molar-refractivity contribution in [2.24, 2.45) is 5.92 Å². The van der Waals surface area contributed by atoms with Crippen LogP contribution in [0.5, 0.6) is 0 Å². The summed E-state index contributed by atoms with van der Waals surface area (Å²) in [5.74, 6) is 0.473. The first-order valence-electron chi connectivity index (χ1n) is 3.88. The van der Waals surface area contributed by atoms with E-state index in [9.17, 15) is 4.79 Å². The molecule has 0 aromatic rings. The van der Waals surface area contributed by atoms with E-state index in [1.54, 1.807) is 0 Å². The summed E-state index contributed by atoms with van der Waals surface area (Å²) in [5, 5.41) is 14.0. The van der Waals surface area contributed by atoms with Gasteiger partial charge < -0.3 is 15.7 Å². The lowest BCUT2D eigenvalue weighted by Gasteiger charge is -2.06. The van der Waals surface area contributed by atoms with Crippen molar-refractivity contribution >= 4 is 6.09 Å². The molecule has 1 aliphatic rings. The third-order valence-electron chi connectivity index (χ3n) is 1.98. The third-order valence-corrected chi connectivity index (χ3v) is 1.98. The van der Waals surface area contributed by atoms with Crippen LogP contribution >= 0.6 is 0 Å². The fourth-order valence-electron chi connectivity index (χ4n) is 1.42. The Kier molecular flexibility index (Phi) is 2.70. The maximum Gasteiger partial charge on any atom is 0.404 e. The Morgan fingerprint density at radius 1 is 1.82 bits per heavy atom. The smallest absolute Gasteiger partial charge is 0.404 e. The maximum absolute atomic E-state index is 10.1. The molecule has 0 bridgehead atoms. The minimum Gasteiger partial charge on any atom is -0.465 e. The summed E-state index contributed by atoms with van der Waals surface area (Å²) in [5.41, 5.74) is 0. The maximum atomic E-state index is 10.1. The van der Waals surface area contributed by atoms with Crippen LogP contribution < -0.4 is 10.6 Å². The minimum absolute atomic E-state index is 0.473. The van der Waals surface area contributed by atoms with Gasteiger partial charge in [-0.3, -0.25) is 0 Å². The van der Waals surface area contributed by atoms with Crippen LogP contribution in [0.15, 0.2) is 0 Å². The van der Waals surface area contributed by atoms with Crippen molar-refractivity contribution in [2.75, 3.05) is 13.1 Å². The summed E-state index contributed by atoms with van der Waals surface area (Å²) in [6.45, 7) is 3.62. The van der Waals surface area contributed by atoms with Crippen LogP contribution in [0.3, 0.4) is 0 Å². The normalized spacial score (nSPS) is 30.3. The zero-order chi connectivity index (χ0) is 8.27. The summed E-state index contributed by atoms with van der Waals surface area (Å²) < 4.78 is 0. The van der Waals surface area contributed by atoms with Gasteiger partial charge in [-0.1, -0.05) is 0 Å². The number of carboxylic acid groups (broad SMARTS) is 1. The first-order valence-corrected chi connectivity index (χ1v) is 3.88. The molecule has 0 aromatic heterocycles. The Morgan fingerprint density at radius 3 is 3.00 bits per heavy atom. The molecule has 0 aromatic carbocycles. The van der Waals surface area contributed by atoms with Crippen LogP contribution in [-0.2, 0) is 0 Å². The Balaban J connectivity index is 2.13. The summed E-state index contributed by atoms with van der Waals surface area (Å²) in [7, 11) is 0. The summed E-state index contributed by atoms with van der Waals surface area (Å²) in [6, 6.07) is 0.538. The predicted octanol–water partition coefficient (Wildman–Crippen LogP) is 0.252. The second kappa shape index (κ2) is 3.57. The summed E-state index contributed by atoms with van der Waals surface area (Å²) in [6.07, 6.45) is 0.143. The highest BCUT2D eigenvalue weighted by Crippen LogP contribution is 2.11. The molecule has 11 heavy (non-hydrogen) atoms. The Morgan fingerprint density at radius 2 is 2.55 bits per heavy atom. The number of hydrogen-bond acceptors (Lipinski definition) is 2. The topological polar surface area (TPSA) is 61.4 Å². The molecular weight excluding hydrogens is 144 g/mol. The van der Waals surface area contributed by atoms with Crippen molar-refractivity contribution in [3.8, 4) is 0 Å². The number of carbonyl (C=O) groups is 1. The molecule has 1 saturated heterocycles. The van der Waals surface area contributed by atoms with E-state index in [2.05, 4.69) is 17.6 Å². The van der Waals surface area contributed by atoms with E-state index in [-0.39, 0.29) is 0 Å². The molecular formula is C7H14N2O2. The van der Waals surface area contributed by atoms with Crippen LogP contribution in [0.1, 0.15) is 13.3 Å². The average molecular weight is 158 g/mol. The van der Waals surface area contributed by atoms with Gasteiger partial charge in [0.05, 0.1) is 0 Å². The Labute approximate surface area is 66.0 Å². The monoisotopic (exact) mass is 158 g/mol. The molecule has 1 heterocycles. The van der Waals surface area contributed by atoms with Crippen molar-refractivity contribution < 1.29 is 9.90 Å². The van der Waals surface area contributed by atoms with Gasteiger partial charge in [-0.25, -0.2) is 4.79 Å². The summed E-state index contributed by atoms with van der Waals surface area (Å²) >= 11 is 0. The predicted molar refractivity (Wildman–Crippen MR) is 41.6 cm³/mol. The van der Waals surface area contributed by atoms with Crippen LogP contribution in [0.4, 0.5) is 4.79 Å². The zero-order valence-corrected chi connectivity index (χ0v) is 6.63. The molecule has 1 rings (SSSR count). The SMILES string of the molecule is C[C@H]1CC(CNC(=O)O)CN1. The van der Waals surface area contributed by atoms with Crippen molar-refractivity contribution in [3.05, 3.63) is 0 Å². The molecule has 1 fully saturated rings. The second-order valence-electron chi connectivity index (χ2n) is 3.10. The molecule has 1 unspecified atom stereocenters. The van der Waals surface area contributed by atoms with Gasteiger partial charge in [0.25, 0.3) is 0 Å². The molecule has 1 aliphatic heterocycles. The van der Waals surface area contributed by atoms with Gasteiger partial charge in [0.2, 0.25) is 0 Å². The first kappa shape index (κ1) is 8.33. The average Bonchev–Trinajstić information content (AvgIpc) is 2.31. The van der Waals surface area contributed by atoms with Crippen LogP contribution in [0.25, 0.3) is 0 Å². The molecule has 3 N–H and O–H groups in total. The molecule has 1 amide bonds. The number of nitrogens with one attached hydrogen (secondary N) is 2. The van der Waals surface area contributed by atoms with Gasteiger partial charge in [0.1, 0.15) is 0 Å².